The van der Waals surface area contributed by atoms with E-state index in [9.17, 15) is 14.4 Å². The zero-order valence-electron chi connectivity index (χ0n) is 15.3. The summed E-state index contributed by atoms with van der Waals surface area (Å²) in [5, 5.41) is 7.75. The minimum atomic E-state index is -1.04. The molecule has 27 heavy (non-hydrogen) atoms. The molecule has 0 radical (unpaired) electrons. The van der Waals surface area contributed by atoms with Gasteiger partial charge in [0.1, 0.15) is 5.00 Å². The van der Waals surface area contributed by atoms with Gasteiger partial charge in [0.15, 0.2) is 6.10 Å². The van der Waals surface area contributed by atoms with Crippen LogP contribution < -0.4 is 16.4 Å². The van der Waals surface area contributed by atoms with Gasteiger partial charge in [0.25, 0.3) is 11.8 Å². The normalized spacial score (nSPS) is 11.5. The van der Waals surface area contributed by atoms with Gasteiger partial charge in [0.05, 0.1) is 11.1 Å². The number of anilines is 2. The first-order chi connectivity index (χ1) is 12.9. The number of carbonyl (C=O) groups is 3. The smallest absolute Gasteiger partial charge is 0.341 e. The highest BCUT2D eigenvalue weighted by Crippen LogP contribution is 2.23. The van der Waals surface area contributed by atoms with E-state index in [0.717, 1.165) is 19.4 Å². The highest BCUT2D eigenvalue weighted by molar-refractivity contribution is 7.14. The number of ether oxygens (including phenoxy) is 1. The zero-order valence-corrected chi connectivity index (χ0v) is 16.1. The quantitative estimate of drug-likeness (QED) is 0.450. The number of para-hydroxylation sites is 1. The lowest BCUT2D eigenvalue weighted by Crippen LogP contribution is -2.30. The van der Waals surface area contributed by atoms with Gasteiger partial charge in [-0.2, -0.15) is 0 Å². The largest absolute Gasteiger partial charge is 0.449 e. The van der Waals surface area contributed by atoms with Crippen molar-refractivity contribution >= 4 is 39.8 Å². The van der Waals surface area contributed by atoms with Crippen molar-refractivity contribution in [2.45, 2.75) is 32.8 Å². The van der Waals surface area contributed by atoms with E-state index in [1.54, 1.807) is 23.6 Å². The molecule has 0 aliphatic rings. The van der Waals surface area contributed by atoms with Crippen LogP contribution in [0.15, 0.2) is 35.7 Å². The van der Waals surface area contributed by atoms with E-state index in [4.69, 9.17) is 10.5 Å². The molecular formula is C19H23N3O4S. The number of unbranched alkanes of at least 4 members (excludes halogenated alkanes) is 1. The third-order valence-corrected chi connectivity index (χ3v) is 4.64. The van der Waals surface area contributed by atoms with E-state index in [-0.39, 0.29) is 5.56 Å². The molecule has 1 heterocycles. The van der Waals surface area contributed by atoms with Crippen molar-refractivity contribution in [1.82, 2.24) is 0 Å². The molecule has 4 N–H and O–H groups in total. The molecule has 0 fully saturated rings. The van der Waals surface area contributed by atoms with Crippen LogP contribution in [0, 0.1) is 0 Å². The molecule has 2 aromatic rings. The van der Waals surface area contributed by atoms with Gasteiger partial charge in [-0.15, -0.1) is 11.3 Å². The number of thiophene rings is 1. The fraction of sp³-hybridized carbons (Fsp3) is 0.316. The molecule has 0 bridgehead atoms. The van der Waals surface area contributed by atoms with E-state index in [1.165, 1.54) is 24.3 Å². The van der Waals surface area contributed by atoms with Crippen LogP contribution in [0.2, 0.25) is 0 Å². The minimum absolute atomic E-state index is 0.220. The van der Waals surface area contributed by atoms with Crippen molar-refractivity contribution in [3.8, 4) is 0 Å². The Morgan fingerprint density at radius 3 is 2.63 bits per heavy atom. The number of esters is 1. The predicted molar refractivity (Wildman–Crippen MR) is 106 cm³/mol. The molecule has 0 aliphatic carbocycles. The molecule has 1 atom stereocenters. The van der Waals surface area contributed by atoms with Gasteiger partial charge in [-0.05, 0) is 36.9 Å². The number of nitrogens with one attached hydrogen (secondary N) is 2. The van der Waals surface area contributed by atoms with Crippen LogP contribution in [0.3, 0.4) is 0 Å². The lowest BCUT2D eigenvalue weighted by molar-refractivity contribution is -0.123. The summed E-state index contributed by atoms with van der Waals surface area (Å²) in [6.45, 7) is 4.29. The van der Waals surface area contributed by atoms with Gasteiger partial charge in [-0.3, -0.25) is 9.59 Å². The van der Waals surface area contributed by atoms with Crippen LogP contribution in [0.4, 0.5) is 10.7 Å². The fourth-order valence-electron chi connectivity index (χ4n) is 2.31. The highest BCUT2D eigenvalue weighted by Gasteiger charge is 2.22. The second-order valence-electron chi connectivity index (χ2n) is 5.89. The van der Waals surface area contributed by atoms with Crippen LogP contribution in [0.1, 0.15) is 47.4 Å². The fourth-order valence-corrected chi connectivity index (χ4v) is 3.10. The van der Waals surface area contributed by atoms with Crippen molar-refractivity contribution in [2.24, 2.45) is 5.73 Å². The SMILES string of the molecule is CCCCNc1ccccc1C(=O)O[C@H](C)C(=O)Nc1sccc1C(N)=O. The molecule has 8 heteroatoms. The summed E-state index contributed by atoms with van der Waals surface area (Å²) in [6, 6.07) is 8.52. The maximum atomic E-state index is 12.5. The summed E-state index contributed by atoms with van der Waals surface area (Å²) in [4.78, 5) is 36.1. The molecule has 0 aliphatic heterocycles. The number of nitrogens with two attached hydrogens (primary N) is 1. The molecule has 1 aromatic heterocycles. The summed E-state index contributed by atoms with van der Waals surface area (Å²) in [7, 11) is 0. The van der Waals surface area contributed by atoms with Crippen molar-refractivity contribution in [2.75, 3.05) is 17.2 Å². The second-order valence-corrected chi connectivity index (χ2v) is 6.81. The maximum Gasteiger partial charge on any atom is 0.341 e. The number of primary amides is 1. The van der Waals surface area contributed by atoms with Crippen molar-refractivity contribution in [3.05, 3.63) is 46.8 Å². The average Bonchev–Trinajstić information content (AvgIpc) is 3.10. The molecule has 0 unspecified atom stereocenters. The number of hydrogen-bond acceptors (Lipinski definition) is 6. The first-order valence-electron chi connectivity index (χ1n) is 8.66. The van der Waals surface area contributed by atoms with Crippen LogP contribution in [-0.4, -0.2) is 30.4 Å². The Labute approximate surface area is 161 Å². The number of hydrogen-bond donors (Lipinski definition) is 3. The first-order valence-corrected chi connectivity index (χ1v) is 9.54. The summed E-state index contributed by atoms with van der Waals surface area (Å²) >= 11 is 1.17. The summed E-state index contributed by atoms with van der Waals surface area (Å²) in [5.41, 5.74) is 6.51. The first kappa shape index (κ1) is 20.4. The Morgan fingerprint density at radius 1 is 1.19 bits per heavy atom. The number of rotatable bonds is 9. The van der Waals surface area contributed by atoms with Gasteiger partial charge in [-0.25, -0.2) is 4.79 Å². The molecule has 0 spiro atoms. The molecular weight excluding hydrogens is 366 g/mol. The molecule has 1 aromatic carbocycles. The molecule has 7 nitrogen and oxygen atoms in total. The van der Waals surface area contributed by atoms with Crippen LogP contribution >= 0.6 is 11.3 Å². The van der Waals surface area contributed by atoms with Gasteiger partial charge in [0.2, 0.25) is 0 Å². The van der Waals surface area contributed by atoms with Crippen molar-refractivity contribution < 1.29 is 19.1 Å². The van der Waals surface area contributed by atoms with Crippen LogP contribution in [-0.2, 0) is 9.53 Å². The van der Waals surface area contributed by atoms with Gasteiger partial charge in [0, 0.05) is 12.2 Å². The standard InChI is InChI=1S/C19H23N3O4S/c1-3-4-10-21-15-8-6-5-7-13(15)19(25)26-12(2)17(24)22-18-14(16(20)23)9-11-27-18/h5-9,11-12,21H,3-4,10H2,1-2H3,(H2,20,23)(H,22,24)/t12-/m1/s1. The number of amides is 2. The Balaban J connectivity index is 2.01. The lowest BCUT2D eigenvalue weighted by Gasteiger charge is -2.15. The van der Waals surface area contributed by atoms with Crippen LogP contribution in [0.5, 0.6) is 0 Å². The molecule has 2 amide bonds. The molecule has 144 valence electrons. The van der Waals surface area contributed by atoms with Gasteiger partial charge >= 0.3 is 5.97 Å². The summed E-state index contributed by atoms with van der Waals surface area (Å²) < 4.78 is 5.29. The van der Waals surface area contributed by atoms with Gasteiger partial charge in [-0.1, -0.05) is 25.5 Å². The lowest BCUT2D eigenvalue weighted by atomic mass is 10.1. The Hall–Kier alpha value is -2.87. The highest BCUT2D eigenvalue weighted by atomic mass is 32.1. The van der Waals surface area contributed by atoms with Crippen LogP contribution in [0.25, 0.3) is 0 Å². The Morgan fingerprint density at radius 2 is 1.93 bits per heavy atom. The maximum absolute atomic E-state index is 12.5. The summed E-state index contributed by atoms with van der Waals surface area (Å²) in [5.74, 6) is -1.77. The van der Waals surface area contributed by atoms with E-state index in [0.29, 0.717) is 16.3 Å². The summed E-state index contributed by atoms with van der Waals surface area (Å²) in [6.07, 6.45) is 0.974. The topological polar surface area (TPSA) is 111 Å². The Bertz CT molecular complexity index is 819. The molecule has 2 rings (SSSR count). The average molecular weight is 389 g/mol. The van der Waals surface area contributed by atoms with Gasteiger partial charge < -0.3 is 21.1 Å². The molecule has 0 saturated heterocycles. The van der Waals surface area contributed by atoms with Crippen molar-refractivity contribution in [1.29, 1.82) is 0 Å². The second kappa shape index (κ2) is 9.72. The zero-order chi connectivity index (χ0) is 19.8. The van der Waals surface area contributed by atoms with E-state index in [2.05, 4.69) is 17.6 Å². The van der Waals surface area contributed by atoms with Crippen molar-refractivity contribution in [3.63, 3.8) is 0 Å². The van der Waals surface area contributed by atoms with E-state index in [1.807, 2.05) is 6.07 Å². The monoisotopic (exact) mass is 389 g/mol. The third-order valence-electron chi connectivity index (χ3n) is 3.81. The van der Waals surface area contributed by atoms with E-state index >= 15 is 0 Å². The minimum Gasteiger partial charge on any atom is -0.449 e. The Kier molecular flexibility index (Phi) is 7.36. The number of benzene rings is 1. The van der Waals surface area contributed by atoms with E-state index < -0.39 is 23.9 Å². The molecule has 0 saturated carbocycles. The number of carbonyl (C=O) groups excluding carboxylic acids is 3. The third kappa shape index (κ3) is 5.55. The predicted octanol–water partition coefficient (Wildman–Crippen LogP) is 3.24.